The van der Waals surface area contributed by atoms with Crippen LogP contribution in [0, 0.1) is 5.92 Å². The molecule has 0 aromatic rings. The monoisotopic (exact) mass is 183 g/mol. The summed E-state index contributed by atoms with van der Waals surface area (Å²) in [6, 6.07) is -0.0472. The molecule has 0 bridgehead atoms. The van der Waals surface area contributed by atoms with Gasteiger partial charge in [-0.05, 0) is 26.2 Å². The quantitative estimate of drug-likeness (QED) is 0.517. The largest absolute Gasteiger partial charge is 0.466 e. The van der Waals surface area contributed by atoms with Gasteiger partial charge in [0.2, 0.25) is 0 Å². The van der Waals surface area contributed by atoms with Crippen molar-refractivity contribution in [3.05, 3.63) is 12.2 Å². The molecule has 0 spiro atoms. The van der Waals surface area contributed by atoms with Crippen LogP contribution in [-0.2, 0) is 9.53 Å². The Balaban J connectivity index is 2.54. The Morgan fingerprint density at radius 2 is 2.38 bits per heavy atom. The van der Waals surface area contributed by atoms with Gasteiger partial charge in [0.1, 0.15) is 0 Å². The van der Waals surface area contributed by atoms with Gasteiger partial charge in [0.15, 0.2) is 0 Å². The van der Waals surface area contributed by atoms with Gasteiger partial charge >= 0.3 is 5.97 Å². The van der Waals surface area contributed by atoms with Gasteiger partial charge in [-0.2, -0.15) is 0 Å². The Morgan fingerprint density at radius 1 is 1.62 bits per heavy atom. The minimum Gasteiger partial charge on any atom is -0.466 e. The number of nitrogens with two attached hydrogens (primary N) is 1. The first-order valence-corrected chi connectivity index (χ1v) is 4.83. The van der Waals surface area contributed by atoms with Gasteiger partial charge in [0.25, 0.3) is 0 Å². The van der Waals surface area contributed by atoms with E-state index in [0.717, 1.165) is 19.3 Å². The lowest BCUT2D eigenvalue weighted by molar-refractivity contribution is -0.148. The van der Waals surface area contributed by atoms with Gasteiger partial charge in [-0.15, -0.1) is 0 Å². The van der Waals surface area contributed by atoms with Crippen molar-refractivity contribution in [1.82, 2.24) is 0 Å². The molecule has 0 aromatic carbocycles. The molecule has 1 aliphatic rings. The fourth-order valence-corrected chi connectivity index (χ4v) is 1.55. The maximum absolute atomic E-state index is 11.4. The summed E-state index contributed by atoms with van der Waals surface area (Å²) >= 11 is 0. The predicted octanol–water partition coefficient (Wildman–Crippen LogP) is 1.23. The van der Waals surface area contributed by atoms with Gasteiger partial charge in [-0.3, -0.25) is 4.79 Å². The van der Waals surface area contributed by atoms with E-state index in [2.05, 4.69) is 6.08 Å². The average Bonchev–Trinajstić information content (AvgIpc) is 2.30. The van der Waals surface area contributed by atoms with Crippen molar-refractivity contribution >= 4 is 5.97 Å². The van der Waals surface area contributed by atoms with Crippen LogP contribution in [0.1, 0.15) is 26.2 Å². The molecule has 3 heteroatoms. The first-order chi connectivity index (χ1) is 6.25. The minimum absolute atomic E-state index is 0.0472. The molecular weight excluding hydrogens is 166 g/mol. The number of hydrogen-bond donors (Lipinski definition) is 1. The van der Waals surface area contributed by atoms with Crippen molar-refractivity contribution in [3.63, 3.8) is 0 Å². The molecule has 0 fully saturated rings. The SMILES string of the molecule is CCOC(=O)[C@@H]1CC=CCC[C@@H]1N. The van der Waals surface area contributed by atoms with E-state index in [4.69, 9.17) is 10.5 Å². The first kappa shape index (κ1) is 10.3. The van der Waals surface area contributed by atoms with Crippen molar-refractivity contribution in [2.75, 3.05) is 6.61 Å². The van der Waals surface area contributed by atoms with Crippen LogP contribution < -0.4 is 5.73 Å². The second-order valence-corrected chi connectivity index (χ2v) is 3.31. The van der Waals surface area contributed by atoms with Crippen molar-refractivity contribution in [2.45, 2.75) is 32.2 Å². The number of allylic oxidation sites excluding steroid dienone is 2. The molecule has 0 saturated heterocycles. The normalized spacial score (nSPS) is 28.2. The molecule has 2 N–H and O–H groups in total. The van der Waals surface area contributed by atoms with E-state index in [0.29, 0.717) is 6.61 Å². The molecule has 0 amide bonds. The van der Waals surface area contributed by atoms with Crippen LogP contribution in [0.2, 0.25) is 0 Å². The lowest BCUT2D eigenvalue weighted by Crippen LogP contribution is -2.35. The highest BCUT2D eigenvalue weighted by Crippen LogP contribution is 2.18. The third-order valence-electron chi connectivity index (χ3n) is 2.33. The minimum atomic E-state index is -0.151. The standard InChI is InChI=1S/C10H17NO2/c1-2-13-10(12)8-6-4-3-5-7-9(8)11/h3-4,8-9H,2,5-7,11H2,1H3/t8-,9+/m1/s1. The Bertz CT molecular complexity index is 201. The van der Waals surface area contributed by atoms with Crippen LogP contribution in [0.5, 0.6) is 0 Å². The fourth-order valence-electron chi connectivity index (χ4n) is 1.55. The summed E-state index contributed by atoms with van der Waals surface area (Å²) in [5.74, 6) is -0.291. The summed E-state index contributed by atoms with van der Waals surface area (Å²) in [6.07, 6.45) is 6.67. The molecule has 0 heterocycles. The van der Waals surface area contributed by atoms with Crippen LogP contribution >= 0.6 is 0 Å². The van der Waals surface area contributed by atoms with E-state index < -0.39 is 0 Å². The lowest BCUT2D eigenvalue weighted by Gasteiger charge is -2.18. The van der Waals surface area contributed by atoms with E-state index in [9.17, 15) is 4.79 Å². The van der Waals surface area contributed by atoms with Gasteiger partial charge in [0, 0.05) is 6.04 Å². The molecule has 0 aromatic heterocycles. The van der Waals surface area contributed by atoms with Crippen molar-refractivity contribution in [2.24, 2.45) is 11.7 Å². The Kier molecular flexibility index (Phi) is 3.96. The highest BCUT2D eigenvalue weighted by Gasteiger charge is 2.26. The molecule has 0 saturated carbocycles. The van der Waals surface area contributed by atoms with Crippen molar-refractivity contribution in [1.29, 1.82) is 0 Å². The van der Waals surface area contributed by atoms with Gasteiger partial charge in [-0.25, -0.2) is 0 Å². The van der Waals surface area contributed by atoms with E-state index in [1.165, 1.54) is 0 Å². The topological polar surface area (TPSA) is 52.3 Å². The maximum Gasteiger partial charge on any atom is 0.310 e. The predicted molar refractivity (Wildman–Crippen MR) is 51.1 cm³/mol. The van der Waals surface area contributed by atoms with E-state index in [1.54, 1.807) is 0 Å². The van der Waals surface area contributed by atoms with Crippen LogP contribution in [0.15, 0.2) is 12.2 Å². The number of carbonyl (C=O) groups excluding carboxylic acids is 1. The Hall–Kier alpha value is -0.830. The number of rotatable bonds is 2. The van der Waals surface area contributed by atoms with E-state index in [1.807, 2.05) is 13.0 Å². The Morgan fingerprint density at radius 3 is 3.08 bits per heavy atom. The van der Waals surface area contributed by atoms with Gasteiger partial charge in [-0.1, -0.05) is 12.2 Å². The molecule has 1 aliphatic carbocycles. The lowest BCUT2D eigenvalue weighted by atomic mass is 9.96. The highest BCUT2D eigenvalue weighted by atomic mass is 16.5. The summed E-state index contributed by atoms with van der Waals surface area (Å²) in [5, 5.41) is 0. The van der Waals surface area contributed by atoms with Gasteiger partial charge in [0.05, 0.1) is 12.5 Å². The smallest absolute Gasteiger partial charge is 0.310 e. The summed E-state index contributed by atoms with van der Waals surface area (Å²) in [4.78, 5) is 11.4. The third-order valence-corrected chi connectivity index (χ3v) is 2.33. The molecule has 0 radical (unpaired) electrons. The number of hydrogen-bond acceptors (Lipinski definition) is 3. The zero-order chi connectivity index (χ0) is 9.68. The highest BCUT2D eigenvalue weighted by molar-refractivity contribution is 5.73. The molecule has 0 aliphatic heterocycles. The summed E-state index contributed by atoms with van der Waals surface area (Å²) in [7, 11) is 0. The zero-order valence-electron chi connectivity index (χ0n) is 8.03. The number of carbonyl (C=O) groups is 1. The summed E-state index contributed by atoms with van der Waals surface area (Å²) in [6.45, 7) is 2.25. The molecule has 3 nitrogen and oxygen atoms in total. The molecule has 13 heavy (non-hydrogen) atoms. The van der Waals surface area contributed by atoms with Crippen molar-refractivity contribution < 1.29 is 9.53 Å². The third kappa shape index (κ3) is 2.84. The van der Waals surface area contributed by atoms with Crippen LogP contribution in [0.4, 0.5) is 0 Å². The van der Waals surface area contributed by atoms with E-state index >= 15 is 0 Å². The second kappa shape index (κ2) is 5.02. The van der Waals surface area contributed by atoms with Crippen molar-refractivity contribution in [3.8, 4) is 0 Å². The maximum atomic E-state index is 11.4. The van der Waals surface area contributed by atoms with Gasteiger partial charge < -0.3 is 10.5 Å². The molecule has 1 rings (SSSR count). The number of esters is 1. The molecular formula is C10H17NO2. The summed E-state index contributed by atoms with van der Waals surface area (Å²) < 4.78 is 4.95. The van der Waals surface area contributed by atoms with Crippen LogP contribution in [0.25, 0.3) is 0 Å². The van der Waals surface area contributed by atoms with E-state index in [-0.39, 0.29) is 17.9 Å². The summed E-state index contributed by atoms with van der Waals surface area (Å²) in [5.41, 5.74) is 5.87. The first-order valence-electron chi connectivity index (χ1n) is 4.83. The van der Waals surface area contributed by atoms with Crippen LogP contribution in [0.3, 0.4) is 0 Å². The Labute approximate surface area is 78.9 Å². The van der Waals surface area contributed by atoms with Crippen LogP contribution in [-0.4, -0.2) is 18.6 Å². The number of ether oxygens (including phenoxy) is 1. The molecule has 2 atom stereocenters. The average molecular weight is 183 g/mol. The zero-order valence-corrected chi connectivity index (χ0v) is 8.03. The second-order valence-electron chi connectivity index (χ2n) is 3.31. The molecule has 0 unspecified atom stereocenters. The molecule has 74 valence electrons. The fraction of sp³-hybridized carbons (Fsp3) is 0.700.